The number of aromatic nitrogens is 2. The van der Waals surface area contributed by atoms with E-state index in [4.69, 9.17) is 16.3 Å². The zero-order valence-corrected chi connectivity index (χ0v) is 18.7. The van der Waals surface area contributed by atoms with E-state index >= 15 is 0 Å². The molecule has 6 nitrogen and oxygen atoms in total. The highest BCUT2D eigenvalue weighted by molar-refractivity contribution is 7.12. The molecule has 0 aliphatic carbocycles. The smallest absolute Gasteiger partial charge is 0.264 e. The van der Waals surface area contributed by atoms with Gasteiger partial charge < -0.3 is 9.64 Å². The van der Waals surface area contributed by atoms with Crippen LogP contribution < -0.4 is 4.74 Å². The zero-order chi connectivity index (χ0) is 21.1. The molecule has 1 aromatic carbocycles. The maximum Gasteiger partial charge on any atom is 0.264 e. The molecule has 0 saturated carbocycles. The maximum absolute atomic E-state index is 12.9. The molecule has 8 heteroatoms. The lowest BCUT2D eigenvalue weighted by atomic mass is 10.2. The molecule has 158 valence electrons. The molecule has 1 aliphatic heterocycles. The number of aryl methyl sites for hydroxylation is 2. The average Bonchev–Trinajstić information content (AvgIpc) is 3.38. The van der Waals surface area contributed by atoms with Gasteiger partial charge in [0.2, 0.25) is 0 Å². The molecule has 1 amide bonds. The fourth-order valence-electron chi connectivity index (χ4n) is 3.51. The summed E-state index contributed by atoms with van der Waals surface area (Å²) in [6, 6.07) is 7.56. The number of amides is 1. The number of ether oxygens (including phenoxy) is 1. The van der Waals surface area contributed by atoms with Crippen molar-refractivity contribution in [3.05, 3.63) is 68.6 Å². The van der Waals surface area contributed by atoms with Gasteiger partial charge in [-0.1, -0.05) is 11.6 Å². The Balaban J connectivity index is 1.28. The molecule has 0 bridgehead atoms. The minimum Gasteiger partial charge on any atom is -0.489 e. The Morgan fingerprint density at radius 2 is 2.00 bits per heavy atom. The first kappa shape index (κ1) is 20.9. The highest BCUT2D eigenvalue weighted by Gasteiger charge is 2.23. The molecule has 1 saturated heterocycles. The Morgan fingerprint density at radius 1 is 1.20 bits per heavy atom. The number of benzene rings is 1. The average molecular weight is 445 g/mol. The highest BCUT2D eigenvalue weighted by Crippen LogP contribution is 2.23. The lowest BCUT2D eigenvalue weighted by molar-refractivity contribution is 0.0633. The van der Waals surface area contributed by atoms with Crippen LogP contribution in [0.15, 0.2) is 42.0 Å². The summed E-state index contributed by atoms with van der Waals surface area (Å²) in [4.78, 5) is 18.0. The molecule has 3 aromatic rings. The van der Waals surface area contributed by atoms with Gasteiger partial charge in [0.1, 0.15) is 12.4 Å². The maximum atomic E-state index is 12.9. The van der Waals surface area contributed by atoms with Crippen molar-refractivity contribution in [3.63, 3.8) is 0 Å². The predicted molar refractivity (Wildman–Crippen MR) is 119 cm³/mol. The Bertz CT molecular complexity index is 1020. The number of piperazine rings is 1. The number of thiophene rings is 1. The summed E-state index contributed by atoms with van der Waals surface area (Å²) < 4.78 is 7.67. The number of carbonyl (C=O) groups is 1. The monoisotopic (exact) mass is 444 g/mol. The van der Waals surface area contributed by atoms with Crippen molar-refractivity contribution in [2.75, 3.05) is 26.2 Å². The molecule has 0 atom stereocenters. The minimum atomic E-state index is 0.106. The van der Waals surface area contributed by atoms with Crippen molar-refractivity contribution in [2.45, 2.75) is 20.1 Å². The van der Waals surface area contributed by atoms with E-state index in [1.54, 1.807) is 0 Å². The number of nitrogens with zero attached hydrogens (tertiary/aromatic N) is 4. The number of rotatable bonds is 6. The van der Waals surface area contributed by atoms with Gasteiger partial charge in [-0.2, -0.15) is 5.10 Å². The van der Waals surface area contributed by atoms with E-state index in [-0.39, 0.29) is 5.91 Å². The molecule has 4 rings (SSSR count). The van der Waals surface area contributed by atoms with Crippen LogP contribution in [0.4, 0.5) is 0 Å². The van der Waals surface area contributed by atoms with E-state index in [2.05, 4.69) is 10.00 Å². The summed E-state index contributed by atoms with van der Waals surface area (Å²) in [5.74, 6) is 0.885. The minimum absolute atomic E-state index is 0.106. The third kappa shape index (κ3) is 5.03. The van der Waals surface area contributed by atoms with E-state index in [1.807, 2.05) is 65.6 Å². The first-order chi connectivity index (χ1) is 14.5. The molecule has 2 aromatic heterocycles. The van der Waals surface area contributed by atoms with Crippen LogP contribution in [0, 0.1) is 6.92 Å². The number of halogens is 1. The van der Waals surface area contributed by atoms with Crippen LogP contribution in [0.1, 0.15) is 26.4 Å². The lowest BCUT2D eigenvalue weighted by Gasteiger charge is -2.34. The van der Waals surface area contributed by atoms with Gasteiger partial charge in [0.05, 0.1) is 11.1 Å². The van der Waals surface area contributed by atoms with Gasteiger partial charge in [-0.05, 0) is 42.1 Å². The van der Waals surface area contributed by atoms with E-state index in [9.17, 15) is 4.79 Å². The second kappa shape index (κ2) is 9.20. The summed E-state index contributed by atoms with van der Waals surface area (Å²) >= 11 is 7.54. The van der Waals surface area contributed by atoms with Crippen molar-refractivity contribution in [3.8, 4) is 5.75 Å². The van der Waals surface area contributed by atoms with Gasteiger partial charge in [-0.3, -0.25) is 14.4 Å². The van der Waals surface area contributed by atoms with Gasteiger partial charge in [0.15, 0.2) is 0 Å². The largest absolute Gasteiger partial charge is 0.489 e. The van der Waals surface area contributed by atoms with Gasteiger partial charge in [-0.15, -0.1) is 11.3 Å². The molecule has 0 N–H and O–H groups in total. The summed E-state index contributed by atoms with van der Waals surface area (Å²) in [6.45, 7) is 6.49. The highest BCUT2D eigenvalue weighted by atomic mass is 35.5. The van der Waals surface area contributed by atoms with Crippen molar-refractivity contribution >= 4 is 28.8 Å². The van der Waals surface area contributed by atoms with E-state index < -0.39 is 0 Å². The first-order valence-electron chi connectivity index (χ1n) is 9.93. The van der Waals surface area contributed by atoms with Crippen LogP contribution in [-0.2, 0) is 20.2 Å². The number of carbonyl (C=O) groups excluding carboxylic acids is 1. The summed E-state index contributed by atoms with van der Waals surface area (Å²) in [5, 5.41) is 6.94. The van der Waals surface area contributed by atoms with Crippen molar-refractivity contribution in [1.29, 1.82) is 0 Å². The van der Waals surface area contributed by atoms with Crippen molar-refractivity contribution in [2.24, 2.45) is 7.05 Å². The second-order valence-corrected chi connectivity index (χ2v) is 8.93. The molecule has 30 heavy (non-hydrogen) atoms. The number of hydrogen-bond donors (Lipinski definition) is 0. The molecule has 0 spiro atoms. The molecular formula is C22H25ClN4O2S. The van der Waals surface area contributed by atoms with Crippen LogP contribution in [0.2, 0.25) is 5.02 Å². The fraction of sp³-hybridized carbons (Fsp3) is 0.364. The normalized spacial score (nSPS) is 14.8. The second-order valence-electron chi connectivity index (χ2n) is 7.61. The molecule has 1 aliphatic rings. The third-order valence-corrected chi connectivity index (χ3v) is 6.61. The van der Waals surface area contributed by atoms with Crippen molar-refractivity contribution in [1.82, 2.24) is 19.6 Å². The van der Waals surface area contributed by atoms with Crippen LogP contribution in [-0.4, -0.2) is 51.7 Å². The van der Waals surface area contributed by atoms with Gasteiger partial charge in [0.25, 0.3) is 5.91 Å². The molecule has 3 heterocycles. The van der Waals surface area contributed by atoms with Crippen molar-refractivity contribution < 1.29 is 9.53 Å². The van der Waals surface area contributed by atoms with Gasteiger partial charge in [-0.25, -0.2) is 0 Å². The quantitative estimate of drug-likeness (QED) is 0.577. The Kier molecular flexibility index (Phi) is 6.41. The van der Waals surface area contributed by atoms with Gasteiger partial charge >= 0.3 is 0 Å². The third-order valence-electron chi connectivity index (χ3n) is 5.22. The number of hydrogen-bond acceptors (Lipinski definition) is 5. The topological polar surface area (TPSA) is 50.6 Å². The molecular weight excluding hydrogens is 420 g/mol. The Morgan fingerprint density at radius 3 is 2.70 bits per heavy atom. The molecule has 1 fully saturated rings. The lowest BCUT2D eigenvalue weighted by Crippen LogP contribution is -2.48. The Labute approximate surface area is 185 Å². The van der Waals surface area contributed by atoms with Crippen LogP contribution in [0.5, 0.6) is 5.75 Å². The summed E-state index contributed by atoms with van der Waals surface area (Å²) in [6.07, 6.45) is 3.94. The van der Waals surface area contributed by atoms with E-state index in [1.165, 1.54) is 16.9 Å². The fourth-order valence-corrected chi connectivity index (χ4v) is 4.50. The van der Waals surface area contributed by atoms with E-state index in [0.717, 1.165) is 59.5 Å². The van der Waals surface area contributed by atoms with Crippen LogP contribution in [0.25, 0.3) is 0 Å². The SMILES string of the molecule is Cc1cc(OCc2csc(C(=O)N3CCN(Cc4cnn(C)c4)CC3)c2)ccc1Cl. The predicted octanol–water partition coefficient (Wildman–Crippen LogP) is 3.98. The zero-order valence-electron chi connectivity index (χ0n) is 17.2. The summed E-state index contributed by atoms with van der Waals surface area (Å²) in [5.41, 5.74) is 3.19. The van der Waals surface area contributed by atoms with E-state index in [0.29, 0.717) is 6.61 Å². The van der Waals surface area contributed by atoms with Gasteiger partial charge in [0, 0.05) is 62.1 Å². The molecule has 0 unspecified atom stereocenters. The summed E-state index contributed by atoms with van der Waals surface area (Å²) in [7, 11) is 1.93. The Hall–Kier alpha value is -2.35. The molecule has 0 radical (unpaired) electrons. The van der Waals surface area contributed by atoms with Crippen LogP contribution in [0.3, 0.4) is 0 Å². The standard InChI is InChI=1S/C22H25ClN4O2S/c1-16-9-19(3-4-20(16)23)29-14-17-10-21(30-15-17)22(28)27-7-5-26(6-8-27)13-18-11-24-25(2)12-18/h3-4,9-12,15H,5-8,13-14H2,1-2H3. The first-order valence-corrected chi connectivity index (χ1v) is 11.2. The van der Waals surface area contributed by atoms with Crippen LogP contribution >= 0.6 is 22.9 Å².